The van der Waals surface area contributed by atoms with Gasteiger partial charge >= 0.3 is 0 Å². The average Bonchev–Trinajstić information content (AvgIpc) is 2.41. The summed E-state index contributed by atoms with van der Waals surface area (Å²) in [4.78, 5) is 25.0. The lowest BCUT2D eigenvalue weighted by Crippen LogP contribution is -2.46. The summed E-state index contributed by atoms with van der Waals surface area (Å²) < 4.78 is 5.28. The van der Waals surface area contributed by atoms with E-state index >= 15 is 0 Å². The fourth-order valence-corrected chi connectivity index (χ4v) is 2.95. The summed E-state index contributed by atoms with van der Waals surface area (Å²) in [5.41, 5.74) is 5.22. The number of hydrogen-bond acceptors (Lipinski definition) is 4. The standard InChI is InChI=1S/C14H25N3O3/c15-13(18)9-11-1-5-17(6-2-11)10-14(19)16-12-3-7-20-8-4-12/h11-12H,1-10H2,(H2,15,18)(H,16,19). The Morgan fingerprint density at radius 2 is 1.80 bits per heavy atom. The van der Waals surface area contributed by atoms with E-state index in [4.69, 9.17) is 10.5 Å². The highest BCUT2D eigenvalue weighted by atomic mass is 16.5. The van der Waals surface area contributed by atoms with Gasteiger partial charge in [0.25, 0.3) is 0 Å². The maximum Gasteiger partial charge on any atom is 0.234 e. The molecule has 2 aliphatic rings. The zero-order chi connectivity index (χ0) is 14.4. The number of nitrogens with two attached hydrogens (primary N) is 1. The highest BCUT2D eigenvalue weighted by molar-refractivity contribution is 5.78. The number of nitrogens with one attached hydrogen (secondary N) is 1. The lowest BCUT2D eigenvalue weighted by atomic mass is 9.93. The summed E-state index contributed by atoms with van der Waals surface area (Å²) in [6.45, 7) is 3.69. The van der Waals surface area contributed by atoms with Crippen molar-refractivity contribution in [3.8, 4) is 0 Å². The molecule has 2 aliphatic heterocycles. The van der Waals surface area contributed by atoms with Crippen LogP contribution in [-0.4, -0.2) is 55.6 Å². The van der Waals surface area contributed by atoms with E-state index < -0.39 is 0 Å². The molecule has 6 heteroatoms. The fraction of sp³-hybridized carbons (Fsp3) is 0.857. The Hall–Kier alpha value is -1.14. The van der Waals surface area contributed by atoms with Crippen molar-refractivity contribution < 1.29 is 14.3 Å². The Bertz CT molecular complexity index is 335. The number of piperidine rings is 1. The lowest BCUT2D eigenvalue weighted by molar-refractivity contribution is -0.124. The molecule has 0 saturated carbocycles. The first-order chi connectivity index (χ1) is 9.63. The van der Waals surface area contributed by atoms with Gasteiger partial charge in [-0.2, -0.15) is 0 Å². The van der Waals surface area contributed by atoms with Crippen molar-refractivity contribution in [3.05, 3.63) is 0 Å². The van der Waals surface area contributed by atoms with Gasteiger partial charge in [0.2, 0.25) is 11.8 Å². The molecule has 2 saturated heterocycles. The third-order valence-corrected chi connectivity index (χ3v) is 4.15. The van der Waals surface area contributed by atoms with Crippen LogP contribution in [0.5, 0.6) is 0 Å². The number of rotatable bonds is 5. The first-order valence-corrected chi connectivity index (χ1v) is 7.51. The van der Waals surface area contributed by atoms with Crippen molar-refractivity contribution in [1.82, 2.24) is 10.2 Å². The molecule has 0 aliphatic carbocycles. The fourth-order valence-electron chi connectivity index (χ4n) is 2.95. The third kappa shape index (κ3) is 5.09. The molecule has 6 nitrogen and oxygen atoms in total. The number of amides is 2. The number of carbonyl (C=O) groups excluding carboxylic acids is 2. The van der Waals surface area contributed by atoms with Crippen LogP contribution in [0.3, 0.4) is 0 Å². The molecule has 3 N–H and O–H groups in total. The molecule has 114 valence electrons. The number of hydrogen-bond donors (Lipinski definition) is 2. The molecule has 2 amide bonds. The summed E-state index contributed by atoms with van der Waals surface area (Å²) in [6, 6.07) is 0.267. The van der Waals surface area contributed by atoms with Crippen LogP contribution >= 0.6 is 0 Å². The SMILES string of the molecule is NC(=O)CC1CCN(CC(=O)NC2CCOCC2)CC1. The van der Waals surface area contributed by atoms with Crippen LogP contribution in [0.1, 0.15) is 32.1 Å². The van der Waals surface area contributed by atoms with E-state index in [0.717, 1.165) is 52.0 Å². The van der Waals surface area contributed by atoms with Gasteiger partial charge in [-0.05, 0) is 44.7 Å². The molecule has 0 unspecified atom stereocenters. The van der Waals surface area contributed by atoms with E-state index in [1.54, 1.807) is 0 Å². The van der Waals surface area contributed by atoms with Crippen molar-refractivity contribution in [2.45, 2.75) is 38.1 Å². The van der Waals surface area contributed by atoms with Gasteiger partial charge in [-0.3, -0.25) is 14.5 Å². The van der Waals surface area contributed by atoms with Crippen LogP contribution in [-0.2, 0) is 14.3 Å². The van der Waals surface area contributed by atoms with E-state index in [9.17, 15) is 9.59 Å². The molecule has 0 radical (unpaired) electrons. The molecule has 0 spiro atoms. The molecule has 0 atom stereocenters. The van der Waals surface area contributed by atoms with Crippen molar-refractivity contribution >= 4 is 11.8 Å². The van der Waals surface area contributed by atoms with Crippen molar-refractivity contribution in [2.75, 3.05) is 32.8 Å². The molecular formula is C14H25N3O3. The largest absolute Gasteiger partial charge is 0.381 e. The minimum atomic E-state index is -0.222. The minimum Gasteiger partial charge on any atom is -0.381 e. The van der Waals surface area contributed by atoms with Crippen LogP contribution in [0.4, 0.5) is 0 Å². The zero-order valence-corrected chi connectivity index (χ0v) is 12.0. The Labute approximate surface area is 120 Å². The quantitative estimate of drug-likeness (QED) is 0.736. The highest BCUT2D eigenvalue weighted by Crippen LogP contribution is 2.19. The van der Waals surface area contributed by atoms with Gasteiger partial charge in [0.15, 0.2) is 0 Å². The van der Waals surface area contributed by atoms with Gasteiger partial charge in [-0.25, -0.2) is 0 Å². The molecule has 0 aromatic rings. The number of nitrogens with zero attached hydrogens (tertiary/aromatic N) is 1. The molecule has 2 fully saturated rings. The van der Waals surface area contributed by atoms with Gasteiger partial charge in [-0.15, -0.1) is 0 Å². The Morgan fingerprint density at radius 1 is 1.15 bits per heavy atom. The lowest BCUT2D eigenvalue weighted by Gasteiger charge is -2.31. The summed E-state index contributed by atoms with van der Waals surface area (Å²) in [5, 5.41) is 3.07. The number of likely N-dealkylation sites (tertiary alicyclic amines) is 1. The maximum absolute atomic E-state index is 12.0. The van der Waals surface area contributed by atoms with Gasteiger partial charge in [-0.1, -0.05) is 0 Å². The number of carbonyl (C=O) groups is 2. The topological polar surface area (TPSA) is 84.7 Å². The molecule has 0 bridgehead atoms. The number of ether oxygens (including phenoxy) is 1. The summed E-state index contributed by atoms with van der Waals surface area (Å²) in [6.07, 6.45) is 4.20. The van der Waals surface area contributed by atoms with Crippen molar-refractivity contribution in [2.24, 2.45) is 11.7 Å². The van der Waals surface area contributed by atoms with E-state index in [1.165, 1.54) is 0 Å². The highest BCUT2D eigenvalue weighted by Gasteiger charge is 2.23. The van der Waals surface area contributed by atoms with Crippen LogP contribution in [0.15, 0.2) is 0 Å². The molecule has 2 heterocycles. The van der Waals surface area contributed by atoms with E-state index in [1.807, 2.05) is 0 Å². The second-order valence-electron chi connectivity index (χ2n) is 5.84. The predicted octanol–water partition coefficient (Wildman–Crippen LogP) is -0.131. The van der Waals surface area contributed by atoms with Crippen LogP contribution < -0.4 is 11.1 Å². The smallest absolute Gasteiger partial charge is 0.234 e. The Balaban J connectivity index is 1.64. The summed E-state index contributed by atoms with van der Waals surface area (Å²) >= 11 is 0. The molecule has 0 aromatic carbocycles. The second kappa shape index (κ2) is 7.59. The van der Waals surface area contributed by atoms with Gasteiger partial charge < -0.3 is 15.8 Å². The average molecular weight is 283 g/mol. The van der Waals surface area contributed by atoms with Gasteiger partial charge in [0.1, 0.15) is 0 Å². The normalized spacial score (nSPS) is 22.6. The zero-order valence-electron chi connectivity index (χ0n) is 12.0. The minimum absolute atomic E-state index is 0.102. The van der Waals surface area contributed by atoms with E-state index in [2.05, 4.69) is 10.2 Å². The summed E-state index contributed by atoms with van der Waals surface area (Å²) in [5.74, 6) is 0.272. The van der Waals surface area contributed by atoms with E-state index in [0.29, 0.717) is 18.9 Å². The van der Waals surface area contributed by atoms with Crippen molar-refractivity contribution in [1.29, 1.82) is 0 Å². The van der Waals surface area contributed by atoms with Crippen LogP contribution in [0, 0.1) is 5.92 Å². The molecule has 20 heavy (non-hydrogen) atoms. The predicted molar refractivity (Wildman–Crippen MR) is 75.0 cm³/mol. The second-order valence-corrected chi connectivity index (χ2v) is 5.84. The Morgan fingerprint density at radius 3 is 2.40 bits per heavy atom. The maximum atomic E-state index is 12.0. The molecular weight excluding hydrogens is 258 g/mol. The summed E-state index contributed by atoms with van der Waals surface area (Å²) in [7, 11) is 0. The molecule has 2 rings (SSSR count). The van der Waals surface area contributed by atoms with Gasteiger partial charge in [0.05, 0.1) is 6.54 Å². The first-order valence-electron chi connectivity index (χ1n) is 7.51. The van der Waals surface area contributed by atoms with Crippen LogP contribution in [0.2, 0.25) is 0 Å². The first kappa shape index (κ1) is 15.3. The van der Waals surface area contributed by atoms with Crippen molar-refractivity contribution in [3.63, 3.8) is 0 Å². The Kier molecular flexibility index (Phi) is 5.79. The molecule has 0 aromatic heterocycles. The number of primary amides is 1. The van der Waals surface area contributed by atoms with E-state index in [-0.39, 0.29) is 17.9 Å². The van der Waals surface area contributed by atoms with Crippen LogP contribution in [0.25, 0.3) is 0 Å². The monoisotopic (exact) mass is 283 g/mol. The van der Waals surface area contributed by atoms with Gasteiger partial charge in [0, 0.05) is 25.7 Å². The third-order valence-electron chi connectivity index (χ3n) is 4.15.